The topological polar surface area (TPSA) is 47.3 Å². The highest BCUT2D eigenvalue weighted by molar-refractivity contribution is 5.31. The van der Waals surface area contributed by atoms with E-state index in [1.807, 2.05) is 24.3 Å². The first-order chi connectivity index (χ1) is 8.17. The molecule has 0 unspecified atom stereocenters. The minimum Gasteiger partial charge on any atom is -0.393 e. The number of benzene rings is 1. The van der Waals surface area contributed by atoms with Crippen LogP contribution in [0.3, 0.4) is 0 Å². The smallest absolute Gasteiger partial charge is 0.0991 e. The zero-order chi connectivity index (χ0) is 12.3. The van der Waals surface area contributed by atoms with E-state index < -0.39 is 0 Å². The van der Waals surface area contributed by atoms with Crippen molar-refractivity contribution in [3.8, 4) is 6.07 Å². The van der Waals surface area contributed by atoms with Gasteiger partial charge in [0.1, 0.15) is 0 Å². The van der Waals surface area contributed by atoms with Crippen molar-refractivity contribution in [2.45, 2.75) is 25.5 Å². The zero-order valence-electron chi connectivity index (χ0n) is 10.1. The van der Waals surface area contributed by atoms with E-state index in [0.29, 0.717) is 11.5 Å². The quantitative estimate of drug-likeness (QED) is 0.857. The molecule has 90 valence electrons. The molecule has 0 bridgehead atoms. The van der Waals surface area contributed by atoms with Gasteiger partial charge in [0, 0.05) is 13.1 Å². The molecule has 0 spiro atoms. The summed E-state index contributed by atoms with van der Waals surface area (Å²) < 4.78 is 0. The summed E-state index contributed by atoms with van der Waals surface area (Å²) in [6.45, 7) is 1.94. The molecule has 0 aliphatic heterocycles. The molecular weight excluding hydrogens is 212 g/mol. The van der Waals surface area contributed by atoms with Crippen molar-refractivity contribution in [2.24, 2.45) is 5.92 Å². The van der Waals surface area contributed by atoms with Crippen LogP contribution in [0, 0.1) is 17.2 Å². The molecule has 0 radical (unpaired) electrons. The Morgan fingerprint density at radius 1 is 1.35 bits per heavy atom. The number of aliphatic hydroxyl groups excluding tert-OH is 1. The lowest BCUT2D eigenvalue weighted by Gasteiger charge is -2.34. The molecule has 3 heteroatoms. The number of nitrogens with zero attached hydrogens (tertiary/aromatic N) is 2. The van der Waals surface area contributed by atoms with E-state index in [2.05, 4.69) is 18.0 Å². The molecule has 0 heterocycles. The molecule has 1 aromatic carbocycles. The van der Waals surface area contributed by atoms with E-state index in [0.717, 1.165) is 25.9 Å². The number of hydrogen-bond acceptors (Lipinski definition) is 3. The predicted molar refractivity (Wildman–Crippen MR) is 66.2 cm³/mol. The van der Waals surface area contributed by atoms with Gasteiger partial charge in [0.2, 0.25) is 0 Å². The van der Waals surface area contributed by atoms with E-state index in [-0.39, 0.29) is 6.10 Å². The predicted octanol–water partition coefficient (Wildman–Crippen LogP) is 1.76. The number of nitriles is 1. The third-order valence-electron chi connectivity index (χ3n) is 3.32. The Balaban J connectivity index is 1.81. The largest absolute Gasteiger partial charge is 0.393 e. The number of hydrogen-bond donors (Lipinski definition) is 1. The SMILES string of the molecule is CN(Cc1ccc(C#N)cc1)CC1CC(O)C1. The summed E-state index contributed by atoms with van der Waals surface area (Å²) in [4.78, 5) is 2.28. The number of aliphatic hydroxyl groups is 1. The van der Waals surface area contributed by atoms with Crippen LogP contribution in [0.5, 0.6) is 0 Å². The molecule has 1 N–H and O–H groups in total. The van der Waals surface area contributed by atoms with Gasteiger partial charge in [-0.05, 0) is 43.5 Å². The lowest BCUT2D eigenvalue weighted by molar-refractivity contribution is 0.0274. The third kappa shape index (κ3) is 3.29. The van der Waals surface area contributed by atoms with Gasteiger partial charge in [-0.15, -0.1) is 0 Å². The monoisotopic (exact) mass is 230 g/mol. The fourth-order valence-corrected chi connectivity index (χ4v) is 2.35. The Bertz CT molecular complexity index is 401. The molecule has 3 nitrogen and oxygen atoms in total. The Morgan fingerprint density at radius 3 is 2.53 bits per heavy atom. The summed E-state index contributed by atoms with van der Waals surface area (Å²) in [5, 5.41) is 17.9. The zero-order valence-corrected chi connectivity index (χ0v) is 10.1. The maximum atomic E-state index is 9.23. The highest BCUT2D eigenvalue weighted by atomic mass is 16.3. The summed E-state index contributed by atoms with van der Waals surface area (Å²) in [7, 11) is 2.10. The standard InChI is InChI=1S/C14H18N2O/c1-16(10-13-6-14(17)7-13)9-12-4-2-11(8-15)3-5-12/h2-5,13-14,17H,6-7,9-10H2,1H3. The molecule has 17 heavy (non-hydrogen) atoms. The molecular formula is C14H18N2O. The van der Waals surface area contributed by atoms with Crippen molar-refractivity contribution in [1.29, 1.82) is 5.26 Å². The van der Waals surface area contributed by atoms with E-state index in [1.54, 1.807) is 0 Å². The van der Waals surface area contributed by atoms with Gasteiger partial charge in [-0.25, -0.2) is 0 Å². The van der Waals surface area contributed by atoms with Crippen LogP contribution in [-0.4, -0.2) is 29.7 Å². The first kappa shape index (κ1) is 12.1. The van der Waals surface area contributed by atoms with Crippen LogP contribution in [0.4, 0.5) is 0 Å². The van der Waals surface area contributed by atoms with Crippen molar-refractivity contribution in [2.75, 3.05) is 13.6 Å². The van der Waals surface area contributed by atoms with Crippen LogP contribution in [0.2, 0.25) is 0 Å². The van der Waals surface area contributed by atoms with Crippen molar-refractivity contribution in [3.05, 3.63) is 35.4 Å². The lowest BCUT2D eigenvalue weighted by atomic mass is 9.82. The van der Waals surface area contributed by atoms with Gasteiger partial charge in [0.25, 0.3) is 0 Å². The molecule has 0 atom stereocenters. The minimum atomic E-state index is -0.0664. The number of rotatable bonds is 4. The fraction of sp³-hybridized carbons (Fsp3) is 0.500. The Kier molecular flexibility index (Phi) is 3.78. The molecule has 0 aromatic heterocycles. The summed E-state index contributed by atoms with van der Waals surface area (Å²) >= 11 is 0. The first-order valence-electron chi connectivity index (χ1n) is 6.03. The summed E-state index contributed by atoms with van der Waals surface area (Å²) in [6, 6.07) is 9.85. The van der Waals surface area contributed by atoms with Crippen molar-refractivity contribution < 1.29 is 5.11 Å². The summed E-state index contributed by atoms with van der Waals surface area (Å²) in [5.74, 6) is 0.647. The average molecular weight is 230 g/mol. The van der Waals surface area contributed by atoms with Crippen LogP contribution in [0.25, 0.3) is 0 Å². The van der Waals surface area contributed by atoms with Gasteiger partial charge >= 0.3 is 0 Å². The molecule has 1 aliphatic rings. The van der Waals surface area contributed by atoms with E-state index in [9.17, 15) is 5.11 Å². The van der Waals surface area contributed by atoms with Crippen molar-refractivity contribution >= 4 is 0 Å². The normalized spacial score (nSPS) is 23.2. The fourth-order valence-electron chi connectivity index (χ4n) is 2.35. The Hall–Kier alpha value is -1.37. The van der Waals surface area contributed by atoms with Crippen molar-refractivity contribution in [1.82, 2.24) is 4.90 Å². The van der Waals surface area contributed by atoms with Crippen LogP contribution in [0.15, 0.2) is 24.3 Å². The minimum absolute atomic E-state index is 0.0664. The highest BCUT2D eigenvalue weighted by Gasteiger charge is 2.27. The third-order valence-corrected chi connectivity index (χ3v) is 3.32. The molecule has 0 amide bonds. The first-order valence-corrected chi connectivity index (χ1v) is 6.03. The van der Waals surface area contributed by atoms with Gasteiger partial charge in [-0.3, -0.25) is 0 Å². The molecule has 2 rings (SSSR count). The maximum absolute atomic E-state index is 9.23. The lowest BCUT2D eigenvalue weighted by Crippen LogP contribution is -2.36. The Morgan fingerprint density at radius 2 is 2.00 bits per heavy atom. The molecule has 1 aromatic rings. The molecule has 1 aliphatic carbocycles. The van der Waals surface area contributed by atoms with Gasteiger partial charge in [0.05, 0.1) is 17.7 Å². The van der Waals surface area contributed by atoms with E-state index >= 15 is 0 Å². The molecule has 0 saturated heterocycles. The van der Waals surface area contributed by atoms with E-state index in [1.165, 1.54) is 5.56 Å². The second-order valence-corrected chi connectivity index (χ2v) is 5.00. The maximum Gasteiger partial charge on any atom is 0.0991 e. The Labute approximate surface area is 102 Å². The highest BCUT2D eigenvalue weighted by Crippen LogP contribution is 2.27. The van der Waals surface area contributed by atoms with Gasteiger partial charge in [0.15, 0.2) is 0 Å². The van der Waals surface area contributed by atoms with Crippen molar-refractivity contribution in [3.63, 3.8) is 0 Å². The average Bonchev–Trinajstić information content (AvgIpc) is 2.28. The molecule has 1 fully saturated rings. The second-order valence-electron chi connectivity index (χ2n) is 5.00. The van der Waals surface area contributed by atoms with Crippen LogP contribution in [-0.2, 0) is 6.54 Å². The van der Waals surface area contributed by atoms with Crippen LogP contribution < -0.4 is 0 Å². The molecule has 1 saturated carbocycles. The van der Waals surface area contributed by atoms with Crippen LogP contribution >= 0.6 is 0 Å². The summed E-state index contributed by atoms with van der Waals surface area (Å²) in [6.07, 6.45) is 1.82. The summed E-state index contributed by atoms with van der Waals surface area (Å²) in [5.41, 5.74) is 1.94. The van der Waals surface area contributed by atoms with Gasteiger partial charge in [-0.2, -0.15) is 5.26 Å². The second kappa shape index (κ2) is 5.31. The van der Waals surface area contributed by atoms with Gasteiger partial charge < -0.3 is 10.0 Å². The van der Waals surface area contributed by atoms with Crippen LogP contribution in [0.1, 0.15) is 24.0 Å². The van der Waals surface area contributed by atoms with Gasteiger partial charge in [-0.1, -0.05) is 12.1 Å². The van der Waals surface area contributed by atoms with E-state index in [4.69, 9.17) is 5.26 Å².